The normalized spacial score (nSPS) is 28.2. The van der Waals surface area contributed by atoms with Crippen molar-refractivity contribution >= 4 is 22.8 Å². The van der Waals surface area contributed by atoms with Gasteiger partial charge in [0.05, 0.1) is 0 Å². The average Bonchev–Trinajstić information content (AvgIpc) is 2.95. The zero-order chi connectivity index (χ0) is 15.9. The van der Waals surface area contributed by atoms with Crippen LogP contribution < -0.4 is 14.3 Å². The molecule has 2 saturated heterocycles. The number of phenols is 1. The summed E-state index contributed by atoms with van der Waals surface area (Å²) in [7, 11) is 0. The molecule has 120 valence electrons. The average molecular weight is 327 g/mol. The summed E-state index contributed by atoms with van der Waals surface area (Å²) in [5.41, 5.74) is 0.502. The number of carbonyl (C=O) groups excluding carboxylic acids is 1. The molecule has 2 aliphatic rings. The van der Waals surface area contributed by atoms with E-state index in [1.54, 1.807) is 0 Å². The molecule has 0 spiro atoms. The molecule has 3 atom stereocenters. The molecule has 22 heavy (non-hydrogen) atoms. The Hall–Kier alpha value is -1.67. The van der Waals surface area contributed by atoms with Gasteiger partial charge in [-0.1, -0.05) is 0 Å². The highest BCUT2D eigenvalue weighted by atomic mass is 32.2. The highest BCUT2D eigenvalue weighted by Crippen LogP contribution is 2.34. The second-order valence-electron chi connectivity index (χ2n) is 5.87. The number of aromatic hydroxyl groups is 1. The molecule has 1 aromatic carbocycles. The summed E-state index contributed by atoms with van der Waals surface area (Å²) in [4.78, 5) is 11.2. The summed E-state index contributed by atoms with van der Waals surface area (Å²) in [5.74, 6) is -1.02. The van der Waals surface area contributed by atoms with Crippen molar-refractivity contribution in [3.8, 4) is 5.75 Å². The fourth-order valence-electron chi connectivity index (χ4n) is 3.06. The second-order valence-corrected chi connectivity index (χ2v) is 7.01. The molecular formula is C14H18FN3O3S. The summed E-state index contributed by atoms with van der Waals surface area (Å²) >= 11 is -1.85. The van der Waals surface area contributed by atoms with Gasteiger partial charge in [-0.25, -0.2) is 8.60 Å². The van der Waals surface area contributed by atoms with Gasteiger partial charge in [0.2, 0.25) is 11.2 Å². The number of phenolic OH excluding ortho intramolecular Hbond substituents is 1. The van der Waals surface area contributed by atoms with Gasteiger partial charge in [0.15, 0.2) is 5.82 Å². The third kappa shape index (κ3) is 2.93. The second kappa shape index (κ2) is 5.85. The van der Waals surface area contributed by atoms with E-state index in [1.807, 2.05) is 0 Å². The summed E-state index contributed by atoms with van der Waals surface area (Å²) in [6.07, 6.45) is 1.68. The summed E-state index contributed by atoms with van der Waals surface area (Å²) < 4.78 is 29.2. The van der Waals surface area contributed by atoms with Gasteiger partial charge in [-0.2, -0.15) is 0 Å². The van der Waals surface area contributed by atoms with E-state index in [0.29, 0.717) is 23.9 Å². The van der Waals surface area contributed by atoms with E-state index in [2.05, 4.69) is 17.0 Å². The van der Waals surface area contributed by atoms with Crippen LogP contribution in [-0.4, -0.2) is 34.4 Å². The number of carbonyl (C=O) groups is 1. The van der Waals surface area contributed by atoms with Crippen molar-refractivity contribution in [1.82, 2.24) is 10.0 Å². The molecule has 0 bridgehead atoms. The number of anilines is 1. The van der Waals surface area contributed by atoms with Crippen molar-refractivity contribution in [3.05, 3.63) is 23.5 Å². The van der Waals surface area contributed by atoms with Gasteiger partial charge < -0.3 is 10.4 Å². The fraction of sp³-hybridized carbons (Fsp3) is 0.500. The number of hydrogen-bond acceptors (Lipinski definition) is 4. The molecule has 2 fully saturated rings. The van der Waals surface area contributed by atoms with Crippen LogP contribution >= 0.6 is 0 Å². The van der Waals surface area contributed by atoms with Crippen molar-refractivity contribution in [3.63, 3.8) is 0 Å². The standard InChI is InChI=1S/C14H18FN3O3S/c1-8-2-10(6-16-8)3-9-4-11(15)14(12(19)5-9)18-7-13(20)17-22(18)21/h4-5,8,10,16,19H,2-3,6-7H2,1H3,(H,17,20). The molecule has 1 amide bonds. The van der Waals surface area contributed by atoms with Crippen molar-refractivity contribution in [2.45, 2.75) is 25.8 Å². The van der Waals surface area contributed by atoms with Crippen LogP contribution in [0.4, 0.5) is 10.1 Å². The Morgan fingerprint density at radius 1 is 1.50 bits per heavy atom. The van der Waals surface area contributed by atoms with Gasteiger partial charge in [-0.15, -0.1) is 0 Å². The van der Waals surface area contributed by atoms with Crippen LogP contribution in [0.3, 0.4) is 0 Å². The van der Waals surface area contributed by atoms with E-state index in [1.165, 1.54) is 12.1 Å². The number of rotatable bonds is 3. The van der Waals surface area contributed by atoms with Crippen molar-refractivity contribution in [2.24, 2.45) is 5.92 Å². The monoisotopic (exact) mass is 327 g/mol. The van der Waals surface area contributed by atoms with Crippen molar-refractivity contribution in [2.75, 3.05) is 17.4 Å². The Kier molecular flexibility index (Phi) is 4.05. The molecule has 0 saturated carbocycles. The maximum atomic E-state index is 14.3. The first-order valence-corrected chi connectivity index (χ1v) is 8.28. The maximum absolute atomic E-state index is 14.3. The zero-order valence-corrected chi connectivity index (χ0v) is 13.0. The smallest absolute Gasteiger partial charge is 0.253 e. The first-order chi connectivity index (χ1) is 10.4. The molecule has 3 rings (SSSR count). The highest BCUT2D eigenvalue weighted by molar-refractivity contribution is 7.85. The molecule has 2 heterocycles. The number of nitrogens with zero attached hydrogens (tertiary/aromatic N) is 1. The lowest BCUT2D eigenvalue weighted by atomic mass is 9.96. The van der Waals surface area contributed by atoms with Crippen molar-refractivity contribution in [1.29, 1.82) is 0 Å². The van der Waals surface area contributed by atoms with E-state index in [9.17, 15) is 18.5 Å². The number of amides is 1. The van der Waals surface area contributed by atoms with Crippen LogP contribution in [0, 0.1) is 11.7 Å². The Morgan fingerprint density at radius 3 is 2.82 bits per heavy atom. The van der Waals surface area contributed by atoms with E-state index >= 15 is 0 Å². The summed E-state index contributed by atoms with van der Waals surface area (Å²) in [5, 5.41) is 13.4. The molecular weight excluding hydrogens is 309 g/mol. The maximum Gasteiger partial charge on any atom is 0.253 e. The van der Waals surface area contributed by atoms with Crippen LogP contribution in [0.15, 0.2) is 12.1 Å². The lowest BCUT2D eigenvalue weighted by Gasteiger charge is -2.17. The topological polar surface area (TPSA) is 81.7 Å². The van der Waals surface area contributed by atoms with E-state index in [-0.39, 0.29) is 18.0 Å². The summed E-state index contributed by atoms with van der Waals surface area (Å²) in [6.45, 7) is 2.74. The molecule has 2 aliphatic heterocycles. The van der Waals surface area contributed by atoms with Crippen molar-refractivity contribution < 1.29 is 18.5 Å². The number of nitrogens with one attached hydrogen (secondary N) is 2. The predicted octanol–water partition coefficient (Wildman–Crippen LogP) is 0.587. The first kappa shape index (κ1) is 15.2. The van der Waals surface area contributed by atoms with Gasteiger partial charge in [0, 0.05) is 6.04 Å². The minimum Gasteiger partial charge on any atom is -0.506 e. The molecule has 8 heteroatoms. The lowest BCUT2D eigenvalue weighted by molar-refractivity contribution is -0.117. The first-order valence-electron chi connectivity index (χ1n) is 7.17. The minimum atomic E-state index is -1.85. The van der Waals surface area contributed by atoms with E-state index in [4.69, 9.17) is 0 Å². The fourth-order valence-corrected chi connectivity index (χ4v) is 4.01. The Labute approximate surface area is 130 Å². The third-order valence-electron chi connectivity index (χ3n) is 4.01. The molecule has 0 aromatic heterocycles. The number of halogens is 1. The van der Waals surface area contributed by atoms with Crippen LogP contribution in [0.1, 0.15) is 18.9 Å². The third-order valence-corrected chi connectivity index (χ3v) is 5.12. The molecule has 0 aliphatic carbocycles. The predicted molar refractivity (Wildman–Crippen MR) is 81.0 cm³/mol. The van der Waals surface area contributed by atoms with Crippen LogP contribution in [0.5, 0.6) is 5.75 Å². The largest absolute Gasteiger partial charge is 0.506 e. The lowest BCUT2D eigenvalue weighted by Crippen LogP contribution is -2.23. The van der Waals surface area contributed by atoms with Crippen LogP contribution in [0.2, 0.25) is 0 Å². The quantitative estimate of drug-likeness (QED) is 0.759. The zero-order valence-electron chi connectivity index (χ0n) is 12.1. The summed E-state index contributed by atoms with van der Waals surface area (Å²) in [6, 6.07) is 3.28. The van der Waals surface area contributed by atoms with Gasteiger partial charge >= 0.3 is 0 Å². The van der Waals surface area contributed by atoms with Gasteiger partial charge in [0.1, 0.15) is 18.0 Å². The van der Waals surface area contributed by atoms with E-state index in [0.717, 1.165) is 17.3 Å². The molecule has 3 N–H and O–H groups in total. The Balaban J connectivity index is 1.82. The van der Waals surface area contributed by atoms with Gasteiger partial charge in [-0.3, -0.25) is 13.8 Å². The van der Waals surface area contributed by atoms with Gasteiger partial charge in [-0.05, 0) is 49.9 Å². The number of benzene rings is 1. The Morgan fingerprint density at radius 2 is 2.27 bits per heavy atom. The highest BCUT2D eigenvalue weighted by Gasteiger charge is 2.31. The van der Waals surface area contributed by atoms with E-state index < -0.39 is 22.9 Å². The molecule has 3 unspecified atom stereocenters. The Bertz CT molecular complexity index is 617. The SMILES string of the molecule is CC1CC(Cc2cc(O)c(N3CC(=O)NS3=O)c(F)c2)CN1. The minimum absolute atomic E-state index is 0.196. The molecule has 0 radical (unpaired) electrons. The molecule has 1 aromatic rings. The number of hydrogen-bond donors (Lipinski definition) is 3. The van der Waals surface area contributed by atoms with Crippen LogP contribution in [0.25, 0.3) is 0 Å². The van der Waals surface area contributed by atoms with Crippen LogP contribution in [-0.2, 0) is 22.4 Å². The molecule has 6 nitrogen and oxygen atoms in total. The van der Waals surface area contributed by atoms with Gasteiger partial charge in [0.25, 0.3) is 5.91 Å².